The van der Waals surface area contributed by atoms with E-state index in [-0.39, 0.29) is 6.04 Å². The largest absolute Gasteiger partial charge is 0.375 e. The summed E-state index contributed by atoms with van der Waals surface area (Å²) in [4.78, 5) is 17.7. The number of anilines is 4. The van der Waals surface area contributed by atoms with Gasteiger partial charge in [0.25, 0.3) is 0 Å². The highest BCUT2D eigenvalue weighted by Crippen LogP contribution is 2.28. The molecule has 1 saturated heterocycles. The fraction of sp³-hybridized carbons (Fsp3) is 0.225. The van der Waals surface area contributed by atoms with E-state index in [1.807, 2.05) is 61.7 Å². The summed E-state index contributed by atoms with van der Waals surface area (Å²) in [6, 6.07) is 26.5. The van der Waals surface area contributed by atoms with Crippen molar-refractivity contribution in [2.45, 2.75) is 24.3 Å². The van der Waals surface area contributed by atoms with E-state index in [2.05, 4.69) is 64.9 Å². The first-order valence-electron chi connectivity index (χ1n) is 18.0. The number of halogens is 2. The highest BCUT2D eigenvalue weighted by Gasteiger charge is 2.16. The van der Waals surface area contributed by atoms with Crippen molar-refractivity contribution in [2.75, 3.05) is 55.0 Å². The van der Waals surface area contributed by atoms with E-state index >= 15 is 0 Å². The molecule has 0 unspecified atom stereocenters. The molecule has 0 spiro atoms. The van der Waals surface area contributed by atoms with Crippen molar-refractivity contribution < 1.29 is 12.8 Å². The fourth-order valence-electron chi connectivity index (χ4n) is 6.29. The molecule has 1 aliphatic heterocycles. The summed E-state index contributed by atoms with van der Waals surface area (Å²) in [7, 11) is -1.09. The molecule has 288 valence electrons. The van der Waals surface area contributed by atoms with Crippen LogP contribution in [0.5, 0.6) is 0 Å². The Morgan fingerprint density at radius 1 is 0.929 bits per heavy atom. The quantitative estimate of drug-likeness (QED) is 0.131. The molecule has 4 aromatic heterocycles. The van der Waals surface area contributed by atoms with Crippen LogP contribution in [-0.4, -0.2) is 87.6 Å². The van der Waals surface area contributed by atoms with Crippen LogP contribution in [0.15, 0.2) is 115 Å². The van der Waals surface area contributed by atoms with Gasteiger partial charge >= 0.3 is 0 Å². The predicted octanol–water partition coefficient (Wildman–Crippen LogP) is 7.05. The van der Waals surface area contributed by atoms with Crippen LogP contribution in [0.25, 0.3) is 16.8 Å². The third kappa shape index (κ3) is 9.48. The fourth-order valence-corrected chi connectivity index (χ4v) is 7.10. The second-order valence-corrected chi connectivity index (χ2v) is 16.0. The van der Waals surface area contributed by atoms with Crippen LogP contribution in [0, 0.1) is 5.82 Å². The molecule has 0 bridgehead atoms. The van der Waals surface area contributed by atoms with Crippen LogP contribution in [0.2, 0.25) is 5.02 Å². The Hall–Kier alpha value is -5.90. The van der Waals surface area contributed by atoms with E-state index in [1.165, 1.54) is 11.9 Å². The van der Waals surface area contributed by atoms with E-state index in [0.29, 0.717) is 33.8 Å². The van der Waals surface area contributed by atoms with Crippen molar-refractivity contribution >= 4 is 50.1 Å². The Balaban J connectivity index is 0.000000183. The monoisotopic (exact) mass is 793 g/mol. The number of likely N-dealkylation sites (N-methyl/N-ethyl adjacent to an activating group) is 1. The lowest BCUT2D eigenvalue weighted by atomic mass is 10.1. The van der Waals surface area contributed by atoms with Crippen LogP contribution >= 0.6 is 11.6 Å². The van der Waals surface area contributed by atoms with Crippen molar-refractivity contribution in [3.8, 4) is 11.1 Å². The number of benzene rings is 3. The van der Waals surface area contributed by atoms with Gasteiger partial charge in [0, 0.05) is 84.6 Å². The molecule has 1 fully saturated rings. The standard InChI is InChI=1S/C24H26N6O2S.C16H15ClFN5/c1-28-13-15-29(16-14-28)20-6-3-5-19(17-20)25-24-26-23-22(7-4-12-30(23)27-24)18-8-10-21(11-9-18)33(2,31)32;1-10(16-19-8-12(18)9-20-16)22-13-2-3-15(17)11(6-13)7-14-4-5-21-23-14/h3-12,17H,13-16H2,1-2H3,(H,25,27);2-6,8-10,22H,7H2,1H3,(H,21,23)/t;10-/m.0/s1. The summed E-state index contributed by atoms with van der Waals surface area (Å²) in [6.45, 7) is 6.04. The molecule has 0 amide bonds. The second kappa shape index (κ2) is 16.9. The molecule has 0 saturated carbocycles. The average molecular weight is 794 g/mol. The topological polar surface area (TPSA) is 149 Å². The first kappa shape index (κ1) is 38.4. The summed E-state index contributed by atoms with van der Waals surface area (Å²) in [6.07, 6.45) is 7.74. The van der Waals surface area contributed by atoms with Crippen LogP contribution in [-0.2, 0) is 16.3 Å². The zero-order valence-electron chi connectivity index (χ0n) is 31.1. The molecule has 5 heterocycles. The molecule has 16 heteroatoms. The van der Waals surface area contributed by atoms with Crippen LogP contribution < -0.4 is 15.5 Å². The Morgan fingerprint density at radius 3 is 2.41 bits per heavy atom. The number of aromatic nitrogens is 7. The van der Waals surface area contributed by atoms with E-state index in [9.17, 15) is 12.8 Å². The van der Waals surface area contributed by atoms with Gasteiger partial charge in [-0.25, -0.2) is 27.3 Å². The first-order valence-corrected chi connectivity index (χ1v) is 20.2. The maximum atomic E-state index is 12.9. The number of aromatic amines is 1. The Kier molecular flexibility index (Phi) is 11.5. The van der Waals surface area contributed by atoms with Crippen molar-refractivity contribution in [3.63, 3.8) is 0 Å². The summed E-state index contributed by atoms with van der Waals surface area (Å²) in [5.74, 6) is 0.580. The molecule has 3 N–H and O–H groups in total. The summed E-state index contributed by atoms with van der Waals surface area (Å²) >= 11 is 6.26. The van der Waals surface area contributed by atoms with Crippen LogP contribution in [0.3, 0.4) is 0 Å². The molecule has 0 aliphatic carbocycles. The number of hydrogen-bond acceptors (Lipinski definition) is 11. The molecule has 3 aromatic carbocycles. The lowest BCUT2D eigenvalue weighted by Crippen LogP contribution is -2.44. The van der Waals surface area contributed by atoms with Gasteiger partial charge in [-0.1, -0.05) is 29.8 Å². The highest BCUT2D eigenvalue weighted by molar-refractivity contribution is 7.90. The zero-order valence-corrected chi connectivity index (χ0v) is 32.6. The van der Waals surface area contributed by atoms with Gasteiger partial charge in [-0.3, -0.25) is 5.10 Å². The molecule has 56 heavy (non-hydrogen) atoms. The molecule has 8 rings (SSSR count). The SMILES string of the molecule is CN1CCN(c2cccc(Nc3nc4c(-c5ccc(S(C)(=O)=O)cc5)cccn4n3)c2)CC1.C[C@H](Nc1ccc(Cl)c(Cc2ccn[nH]2)c1)c1ncc(F)cn1. The lowest BCUT2D eigenvalue weighted by molar-refractivity contribution is 0.313. The maximum absolute atomic E-state index is 12.9. The van der Waals surface area contributed by atoms with Gasteiger partial charge in [-0.05, 0) is 91.8 Å². The third-order valence-electron chi connectivity index (χ3n) is 9.32. The normalized spacial score (nSPS) is 13.9. The van der Waals surface area contributed by atoms with Crippen LogP contribution in [0.1, 0.15) is 30.0 Å². The van der Waals surface area contributed by atoms with Crippen molar-refractivity contribution in [1.82, 2.24) is 39.7 Å². The van der Waals surface area contributed by atoms with E-state index in [0.717, 1.165) is 72.3 Å². The minimum Gasteiger partial charge on any atom is -0.375 e. The van der Waals surface area contributed by atoms with Gasteiger partial charge in [-0.15, -0.1) is 5.10 Å². The number of nitrogens with one attached hydrogen (secondary N) is 3. The lowest BCUT2D eigenvalue weighted by Gasteiger charge is -2.34. The average Bonchev–Trinajstić information content (AvgIpc) is 3.86. The molecule has 13 nitrogen and oxygen atoms in total. The maximum Gasteiger partial charge on any atom is 0.247 e. The molecule has 1 atom stereocenters. The number of pyridine rings is 1. The molecule has 7 aromatic rings. The van der Waals surface area contributed by atoms with Crippen molar-refractivity contribution in [1.29, 1.82) is 0 Å². The van der Waals surface area contributed by atoms with Gasteiger partial charge in [0.2, 0.25) is 5.95 Å². The van der Waals surface area contributed by atoms with E-state index in [1.54, 1.807) is 35.0 Å². The zero-order chi connectivity index (χ0) is 39.2. The third-order valence-corrected chi connectivity index (χ3v) is 10.8. The Morgan fingerprint density at radius 2 is 1.70 bits per heavy atom. The van der Waals surface area contributed by atoms with Gasteiger partial charge in [0.05, 0.1) is 23.3 Å². The summed E-state index contributed by atoms with van der Waals surface area (Å²) in [5.41, 5.74) is 7.43. The number of hydrogen-bond donors (Lipinski definition) is 3. The van der Waals surface area contributed by atoms with Crippen LogP contribution in [0.4, 0.5) is 27.4 Å². The van der Waals surface area contributed by atoms with Crippen molar-refractivity contribution in [2.24, 2.45) is 0 Å². The number of sulfone groups is 1. The molecule has 1 aliphatic rings. The van der Waals surface area contributed by atoms with Gasteiger partial charge in [-0.2, -0.15) is 10.1 Å². The van der Waals surface area contributed by atoms with Gasteiger partial charge < -0.3 is 20.4 Å². The smallest absolute Gasteiger partial charge is 0.247 e. The minimum atomic E-state index is -3.24. The van der Waals surface area contributed by atoms with Gasteiger partial charge in [0.1, 0.15) is 5.82 Å². The molecule has 0 radical (unpaired) electrons. The summed E-state index contributed by atoms with van der Waals surface area (Å²) in [5, 5.41) is 18.7. The number of nitrogens with zero attached hydrogens (tertiary/aromatic N) is 8. The number of H-pyrrole nitrogens is 1. The highest BCUT2D eigenvalue weighted by atomic mass is 35.5. The first-order chi connectivity index (χ1) is 27.0. The Labute approximate surface area is 329 Å². The second-order valence-electron chi connectivity index (χ2n) is 13.6. The summed E-state index contributed by atoms with van der Waals surface area (Å²) < 4.78 is 38.2. The predicted molar refractivity (Wildman–Crippen MR) is 218 cm³/mol. The minimum absolute atomic E-state index is 0.156. The number of rotatable bonds is 10. The van der Waals surface area contributed by atoms with E-state index < -0.39 is 15.7 Å². The van der Waals surface area contributed by atoms with Gasteiger partial charge in [0.15, 0.2) is 21.3 Å². The molecular weight excluding hydrogens is 753 g/mol. The van der Waals surface area contributed by atoms with E-state index in [4.69, 9.17) is 16.6 Å². The number of piperazine rings is 1. The molecular formula is C40H41ClFN11O2S. The Bertz CT molecular complexity index is 2510. The van der Waals surface area contributed by atoms with Crippen molar-refractivity contribution in [3.05, 3.63) is 138 Å². The number of fused-ring (bicyclic) bond motifs is 1.